The van der Waals surface area contributed by atoms with Gasteiger partial charge in [-0.2, -0.15) is 0 Å². The van der Waals surface area contributed by atoms with Gasteiger partial charge < -0.3 is 16.0 Å². The van der Waals surface area contributed by atoms with Crippen molar-refractivity contribution in [3.8, 4) is 0 Å². The molecule has 0 bridgehead atoms. The number of amides is 3. The van der Waals surface area contributed by atoms with Crippen LogP contribution in [0.4, 0.5) is 0 Å². The highest BCUT2D eigenvalue weighted by Gasteiger charge is 2.38. The molecule has 2 atom stereocenters. The first kappa shape index (κ1) is 22.2. The average molecular weight is 444 g/mol. The molecular weight excluding hydrogens is 418 g/mol. The maximum absolute atomic E-state index is 13.2. The van der Waals surface area contributed by atoms with Crippen LogP contribution in [0.1, 0.15) is 24.0 Å². The van der Waals surface area contributed by atoms with E-state index in [0.717, 1.165) is 21.9 Å². The molecule has 1 aliphatic heterocycles. The third kappa shape index (κ3) is 4.92. The Morgan fingerprint density at radius 2 is 1.67 bits per heavy atom. The van der Waals surface area contributed by atoms with Crippen LogP contribution in [0.15, 0.2) is 72.8 Å². The van der Waals surface area contributed by atoms with Gasteiger partial charge >= 0.3 is 0 Å². The molecule has 3 amide bonds. The number of carbonyl (C=O) groups excluding carboxylic acids is 4. The number of benzene rings is 3. The van der Waals surface area contributed by atoms with Crippen LogP contribution >= 0.6 is 0 Å². The van der Waals surface area contributed by atoms with Crippen molar-refractivity contribution in [2.24, 2.45) is 5.73 Å². The van der Waals surface area contributed by atoms with E-state index in [2.05, 4.69) is 5.32 Å². The minimum absolute atomic E-state index is 0.121. The maximum Gasteiger partial charge on any atom is 0.287 e. The van der Waals surface area contributed by atoms with Gasteiger partial charge in [0.25, 0.3) is 5.91 Å². The fourth-order valence-corrected chi connectivity index (χ4v) is 4.32. The van der Waals surface area contributed by atoms with Gasteiger partial charge in [-0.05, 0) is 28.3 Å². The van der Waals surface area contributed by atoms with Crippen molar-refractivity contribution in [3.05, 3.63) is 83.9 Å². The summed E-state index contributed by atoms with van der Waals surface area (Å²) < 4.78 is 0. The summed E-state index contributed by atoms with van der Waals surface area (Å²) in [5, 5.41) is 4.75. The normalized spacial score (nSPS) is 16.5. The molecule has 7 nitrogen and oxygen atoms in total. The van der Waals surface area contributed by atoms with Gasteiger partial charge in [0, 0.05) is 19.4 Å². The van der Waals surface area contributed by atoms with Crippen LogP contribution in [0.25, 0.3) is 10.8 Å². The highest BCUT2D eigenvalue weighted by atomic mass is 16.2. The summed E-state index contributed by atoms with van der Waals surface area (Å²) in [6, 6.07) is 21.0. The van der Waals surface area contributed by atoms with E-state index in [0.29, 0.717) is 6.42 Å². The molecule has 1 unspecified atom stereocenters. The molecule has 1 fully saturated rings. The van der Waals surface area contributed by atoms with Crippen molar-refractivity contribution in [2.75, 3.05) is 0 Å². The highest BCUT2D eigenvalue weighted by molar-refractivity contribution is 6.38. The Kier molecular flexibility index (Phi) is 6.49. The average Bonchev–Trinajstić information content (AvgIpc) is 3.19. The number of ketones is 1. The Labute approximate surface area is 191 Å². The molecule has 33 heavy (non-hydrogen) atoms. The maximum atomic E-state index is 13.2. The lowest BCUT2D eigenvalue weighted by Gasteiger charge is -2.26. The van der Waals surface area contributed by atoms with E-state index in [1.165, 1.54) is 0 Å². The highest BCUT2D eigenvalue weighted by Crippen LogP contribution is 2.26. The second kappa shape index (κ2) is 9.65. The van der Waals surface area contributed by atoms with Crippen LogP contribution in [0.5, 0.6) is 0 Å². The summed E-state index contributed by atoms with van der Waals surface area (Å²) in [6.45, 7) is 0.283. The largest absolute Gasteiger partial charge is 0.363 e. The summed E-state index contributed by atoms with van der Waals surface area (Å²) in [7, 11) is 0. The smallest absolute Gasteiger partial charge is 0.287 e. The third-order valence-electron chi connectivity index (χ3n) is 6.01. The minimum atomic E-state index is -1.11. The van der Waals surface area contributed by atoms with Crippen LogP contribution in [0, 0.1) is 0 Å². The van der Waals surface area contributed by atoms with Crippen LogP contribution in [0.3, 0.4) is 0 Å². The van der Waals surface area contributed by atoms with E-state index in [1.807, 2.05) is 60.7 Å². The number of hydrogen-bond donors (Lipinski definition) is 2. The number of nitrogens with two attached hydrogens (primary N) is 1. The first-order chi connectivity index (χ1) is 15.9. The van der Waals surface area contributed by atoms with Crippen LogP contribution in [0.2, 0.25) is 0 Å². The minimum Gasteiger partial charge on any atom is -0.363 e. The Balaban J connectivity index is 1.54. The number of nitrogens with one attached hydrogen (secondary N) is 1. The summed E-state index contributed by atoms with van der Waals surface area (Å²) in [5.41, 5.74) is 6.94. The second-order valence-corrected chi connectivity index (χ2v) is 8.19. The lowest BCUT2D eigenvalue weighted by molar-refractivity contribution is -0.140. The topological polar surface area (TPSA) is 110 Å². The van der Waals surface area contributed by atoms with Crippen molar-refractivity contribution in [1.29, 1.82) is 0 Å². The number of Topliss-reactive ketones (excluding diaryl/α,β-unsaturated/α-hetero) is 1. The van der Waals surface area contributed by atoms with Gasteiger partial charge in [0.1, 0.15) is 12.1 Å². The van der Waals surface area contributed by atoms with Crippen molar-refractivity contribution >= 4 is 34.3 Å². The first-order valence-corrected chi connectivity index (χ1v) is 10.9. The number of rotatable bonds is 8. The Hall–Kier alpha value is -4.00. The van der Waals surface area contributed by atoms with E-state index in [1.54, 1.807) is 17.0 Å². The predicted molar refractivity (Wildman–Crippen MR) is 124 cm³/mol. The second-order valence-electron chi connectivity index (χ2n) is 8.19. The molecular formula is C26H25N3O4. The number of hydrogen-bond acceptors (Lipinski definition) is 4. The predicted octanol–water partition coefficient (Wildman–Crippen LogP) is 2.11. The summed E-state index contributed by atoms with van der Waals surface area (Å²) in [5.74, 6) is -2.55. The number of primary amides is 1. The number of carbonyl (C=O) groups is 4. The number of fused-ring (bicyclic) bond motifs is 1. The Morgan fingerprint density at radius 3 is 2.42 bits per heavy atom. The molecule has 0 aromatic heterocycles. The summed E-state index contributed by atoms with van der Waals surface area (Å²) in [4.78, 5) is 51.4. The molecule has 1 saturated heterocycles. The summed E-state index contributed by atoms with van der Waals surface area (Å²) in [6.07, 6.45) is 0.729. The molecule has 7 heteroatoms. The fraction of sp³-hybridized carbons (Fsp3) is 0.231. The van der Waals surface area contributed by atoms with Gasteiger partial charge in [-0.3, -0.25) is 19.2 Å². The molecule has 3 aromatic rings. The first-order valence-electron chi connectivity index (χ1n) is 10.9. The molecule has 0 aliphatic carbocycles. The molecule has 3 aromatic carbocycles. The van der Waals surface area contributed by atoms with E-state index >= 15 is 0 Å². The zero-order valence-corrected chi connectivity index (χ0v) is 18.1. The van der Waals surface area contributed by atoms with E-state index in [4.69, 9.17) is 5.73 Å². The van der Waals surface area contributed by atoms with Gasteiger partial charge in [0.2, 0.25) is 17.6 Å². The monoisotopic (exact) mass is 443 g/mol. The molecule has 3 N–H and O–H groups in total. The lowest BCUT2D eigenvalue weighted by Crippen LogP contribution is -2.53. The standard InChI is InChI=1S/C26H25N3O4/c27-25(32)24(31)21(15-17-7-2-1-3-8-17)28-26(33)22-13-14-23(30)29(22)16-19-11-6-10-18-9-4-5-12-20(18)19/h1-12,21-22H,13-16H2,(H2,27,32)(H,28,33)/t21?,22-/m0/s1. The van der Waals surface area contributed by atoms with Crippen molar-refractivity contribution in [3.63, 3.8) is 0 Å². The molecule has 0 radical (unpaired) electrons. The molecule has 0 saturated carbocycles. The van der Waals surface area contributed by atoms with Crippen molar-refractivity contribution in [1.82, 2.24) is 10.2 Å². The van der Waals surface area contributed by atoms with Gasteiger partial charge in [-0.1, -0.05) is 72.8 Å². The van der Waals surface area contributed by atoms with Gasteiger partial charge in [-0.15, -0.1) is 0 Å². The third-order valence-corrected chi connectivity index (χ3v) is 6.01. The van der Waals surface area contributed by atoms with Gasteiger partial charge in [-0.25, -0.2) is 0 Å². The number of nitrogens with zero attached hydrogens (tertiary/aromatic N) is 1. The summed E-state index contributed by atoms with van der Waals surface area (Å²) >= 11 is 0. The van der Waals surface area contributed by atoms with E-state index < -0.39 is 29.7 Å². The van der Waals surface area contributed by atoms with Crippen LogP contribution in [-0.2, 0) is 32.1 Å². The fourth-order valence-electron chi connectivity index (χ4n) is 4.32. The molecule has 0 spiro atoms. The SMILES string of the molecule is NC(=O)C(=O)C(Cc1ccccc1)NC(=O)[C@@H]1CCC(=O)N1Cc1cccc2ccccc12. The van der Waals surface area contributed by atoms with E-state index in [9.17, 15) is 19.2 Å². The van der Waals surface area contributed by atoms with Gasteiger partial charge in [0.05, 0.1) is 0 Å². The zero-order chi connectivity index (χ0) is 23.4. The lowest BCUT2D eigenvalue weighted by atomic mass is 10.0. The van der Waals surface area contributed by atoms with Crippen molar-refractivity contribution in [2.45, 2.75) is 37.9 Å². The number of likely N-dealkylation sites (tertiary alicyclic amines) is 1. The van der Waals surface area contributed by atoms with Gasteiger partial charge in [0.15, 0.2) is 0 Å². The molecule has 4 rings (SSSR count). The molecule has 1 aliphatic rings. The Bertz CT molecular complexity index is 1200. The molecule has 1 heterocycles. The van der Waals surface area contributed by atoms with Crippen LogP contribution in [-0.4, -0.2) is 40.5 Å². The van der Waals surface area contributed by atoms with Crippen molar-refractivity contribution < 1.29 is 19.2 Å². The van der Waals surface area contributed by atoms with Crippen LogP contribution < -0.4 is 11.1 Å². The quantitative estimate of drug-likeness (QED) is 0.520. The molecule has 168 valence electrons. The zero-order valence-electron chi connectivity index (χ0n) is 18.1. The van der Waals surface area contributed by atoms with E-state index in [-0.39, 0.29) is 25.3 Å². The Morgan fingerprint density at radius 1 is 0.970 bits per heavy atom.